The molecule has 0 aromatic carbocycles. The van der Waals surface area contributed by atoms with Crippen molar-refractivity contribution in [3.8, 4) is 17.3 Å². The Balaban J connectivity index is 2.16. The summed E-state index contributed by atoms with van der Waals surface area (Å²) in [6.45, 7) is 1.94. The van der Waals surface area contributed by atoms with E-state index in [0.717, 1.165) is 11.1 Å². The zero-order valence-electron chi connectivity index (χ0n) is 10.0. The van der Waals surface area contributed by atoms with Crippen molar-refractivity contribution in [2.75, 3.05) is 0 Å². The lowest BCUT2D eigenvalue weighted by Crippen LogP contribution is -2.03. The highest BCUT2D eigenvalue weighted by molar-refractivity contribution is 6.28. The number of aryl methyl sites for hydroxylation is 1. The van der Waals surface area contributed by atoms with Crippen LogP contribution in [0.4, 0.5) is 0 Å². The minimum Gasteiger partial charge on any atom is -0.274 e. The zero-order chi connectivity index (χ0) is 13.2. The number of hydrogen-bond acceptors (Lipinski definition) is 5. The fourth-order valence-corrected chi connectivity index (χ4v) is 1.83. The van der Waals surface area contributed by atoms with Gasteiger partial charge in [0.1, 0.15) is 6.33 Å². The molecule has 3 heterocycles. The first-order valence-corrected chi connectivity index (χ1v) is 5.93. The summed E-state index contributed by atoms with van der Waals surface area (Å²) in [4.78, 5) is 20.6. The largest absolute Gasteiger partial charge is 0.274 e. The lowest BCUT2D eigenvalue weighted by atomic mass is 10.1. The molecule has 6 nitrogen and oxygen atoms in total. The van der Waals surface area contributed by atoms with E-state index in [9.17, 15) is 0 Å². The van der Waals surface area contributed by atoms with Crippen molar-refractivity contribution in [3.63, 3.8) is 0 Å². The van der Waals surface area contributed by atoms with E-state index < -0.39 is 0 Å². The Morgan fingerprint density at radius 2 is 2.00 bits per heavy atom. The van der Waals surface area contributed by atoms with Crippen LogP contribution in [0, 0.1) is 6.92 Å². The van der Waals surface area contributed by atoms with Crippen LogP contribution in [0.25, 0.3) is 17.3 Å². The standard InChI is InChI=1S/C12H9ClN6/c1-8-6-14-3-2-9(8)10-16-11(13)18-12(17-10)19-5-4-15-7-19/h2-7H,1H3. The molecule has 0 aliphatic heterocycles. The summed E-state index contributed by atoms with van der Waals surface area (Å²) >= 11 is 5.96. The van der Waals surface area contributed by atoms with E-state index in [1.54, 1.807) is 35.7 Å². The average Bonchev–Trinajstić information content (AvgIpc) is 2.92. The third-order valence-corrected chi connectivity index (χ3v) is 2.76. The van der Waals surface area contributed by atoms with Crippen molar-refractivity contribution >= 4 is 11.6 Å². The van der Waals surface area contributed by atoms with Crippen molar-refractivity contribution in [1.29, 1.82) is 0 Å². The smallest absolute Gasteiger partial charge is 0.239 e. The van der Waals surface area contributed by atoms with E-state index in [1.165, 1.54) is 0 Å². The molecule has 0 bridgehead atoms. The van der Waals surface area contributed by atoms with Gasteiger partial charge in [0.15, 0.2) is 5.82 Å². The minimum absolute atomic E-state index is 0.143. The SMILES string of the molecule is Cc1cnccc1-c1nc(Cl)nc(-n2ccnc2)n1. The van der Waals surface area contributed by atoms with Gasteiger partial charge in [-0.25, -0.2) is 4.98 Å². The lowest BCUT2D eigenvalue weighted by molar-refractivity contribution is 0.898. The molecule has 0 unspecified atom stereocenters. The third-order valence-electron chi connectivity index (χ3n) is 2.59. The maximum Gasteiger partial charge on any atom is 0.239 e. The Morgan fingerprint density at radius 1 is 1.11 bits per heavy atom. The quantitative estimate of drug-likeness (QED) is 0.714. The normalized spacial score (nSPS) is 10.6. The van der Waals surface area contributed by atoms with Crippen LogP contribution in [0.1, 0.15) is 5.56 Å². The van der Waals surface area contributed by atoms with Gasteiger partial charge in [0, 0.05) is 30.4 Å². The van der Waals surface area contributed by atoms with Gasteiger partial charge in [-0.3, -0.25) is 9.55 Å². The van der Waals surface area contributed by atoms with Crippen LogP contribution < -0.4 is 0 Å². The topological polar surface area (TPSA) is 69.4 Å². The summed E-state index contributed by atoms with van der Waals surface area (Å²) < 4.78 is 1.67. The molecule has 0 saturated heterocycles. The van der Waals surface area contributed by atoms with E-state index in [0.29, 0.717) is 11.8 Å². The second-order valence-electron chi connectivity index (χ2n) is 3.89. The van der Waals surface area contributed by atoms with Gasteiger partial charge in [-0.05, 0) is 30.2 Å². The van der Waals surface area contributed by atoms with Crippen LogP contribution in [-0.2, 0) is 0 Å². The highest BCUT2D eigenvalue weighted by atomic mass is 35.5. The van der Waals surface area contributed by atoms with E-state index in [1.807, 2.05) is 13.0 Å². The van der Waals surface area contributed by atoms with Crippen LogP contribution in [0.15, 0.2) is 37.2 Å². The van der Waals surface area contributed by atoms with Gasteiger partial charge >= 0.3 is 0 Å². The Hall–Kier alpha value is -2.34. The molecule has 0 amide bonds. The van der Waals surface area contributed by atoms with Gasteiger partial charge in [-0.2, -0.15) is 15.0 Å². The molecule has 7 heteroatoms. The Bertz CT molecular complexity index is 710. The number of hydrogen-bond donors (Lipinski definition) is 0. The zero-order valence-corrected chi connectivity index (χ0v) is 10.8. The van der Waals surface area contributed by atoms with Crippen LogP contribution in [-0.4, -0.2) is 29.5 Å². The highest BCUT2D eigenvalue weighted by Gasteiger charge is 2.10. The van der Waals surface area contributed by atoms with E-state index in [-0.39, 0.29) is 5.28 Å². The van der Waals surface area contributed by atoms with Crippen LogP contribution in [0.3, 0.4) is 0 Å². The Morgan fingerprint density at radius 3 is 2.74 bits per heavy atom. The maximum atomic E-state index is 5.96. The van der Waals surface area contributed by atoms with Crippen molar-refractivity contribution in [3.05, 3.63) is 48.0 Å². The molecule has 0 N–H and O–H groups in total. The summed E-state index contributed by atoms with van der Waals surface area (Å²) in [5.74, 6) is 0.951. The third kappa shape index (κ3) is 2.30. The average molecular weight is 273 g/mol. The molecule has 0 atom stereocenters. The molecule has 0 spiro atoms. The number of aromatic nitrogens is 6. The van der Waals surface area contributed by atoms with Crippen LogP contribution >= 0.6 is 11.6 Å². The van der Waals surface area contributed by atoms with Crippen LogP contribution in [0.2, 0.25) is 5.28 Å². The minimum atomic E-state index is 0.143. The lowest BCUT2D eigenvalue weighted by Gasteiger charge is -2.06. The summed E-state index contributed by atoms with van der Waals surface area (Å²) in [5.41, 5.74) is 1.85. The van der Waals surface area contributed by atoms with Gasteiger partial charge in [0.25, 0.3) is 0 Å². The highest BCUT2D eigenvalue weighted by Crippen LogP contribution is 2.20. The molecule has 0 radical (unpaired) electrons. The first-order chi connectivity index (χ1) is 9.24. The molecule has 19 heavy (non-hydrogen) atoms. The summed E-state index contributed by atoms with van der Waals surface area (Å²) in [6.07, 6.45) is 8.44. The number of rotatable bonds is 2. The predicted molar refractivity (Wildman–Crippen MR) is 69.9 cm³/mol. The molecule has 0 aliphatic rings. The molecule has 3 aromatic heterocycles. The molecule has 3 rings (SSSR count). The van der Waals surface area contributed by atoms with Crippen molar-refractivity contribution < 1.29 is 0 Å². The molecular weight excluding hydrogens is 264 g/mol. The number of imidazole rings is 1. The molecule has 94 valence electrons. The Labute approximate surface area is 114 Å². The summed E-state index contributed by atoms with van der Waals surface area (Å²) in [7, 11) is 0. The van der Waals surface area contributed by atoms with Gasteiger partial charge in [-0.1, -0.05) is 0 Å². The van der Waals surface area contributed by atoms with Crippen molar-refractivity contribution in [1.82, 2.24) is 29.5 Å². The maximum absolute atomic E-state index is 5.96. The summed E-state index contributed by atoms with van der Waals surface area (Å²) in [6, 6.07) is 1.85. The fraction of sp³-hybridized carbons (Fsp3) is 0.0833. The fourth-order valence-electron chi connectivity index (χ4n) is 1.68. The molecular formula is C12H9ClN6. The van der Waals surface area contributed by atoms with Gasteiger partial charge in [0.2, 0.25) is 11.2 Å². The van der Waals surface area contributed by atoms with Gasteiger partial charge < -0.3 is 0 Å². The van der Waals surface area contributed by atoms with Gasteiger partial charge in [-0.15, -0.1) is 0 Å². The van der Waals surface area contributed by atoms with Crippen molar-refractivity contribution in [2.24, 2.45) is 0 Å². The van der Waals surface area contributed by atoms with E-state index >= 15 is 0 Å². The summed E-state index contributed by atoms with van der Waals surface area (Å²) in [5, 5.41) is 0.143. The van der Waals surface area contributed by atoms with Crippen LogP contribution in [0.5, 0.6) is 0 Å². The number of halogens is 1. The molecule has 3 aromatic rings. The molecule has 0 saturated carbocycles. The predicted octanol–water partition coefficient (Wildman–Crippen LogP) is 2.08. The monoisotopic (exact) mass is 272 g/mol. The second kappa shape index (κ2) is 4.74. The van der Waals surface area contributed by atoms with E-state index in [2.05, 4.69) is 24.9 Å². The first kappa shape index (κ1) is 11.7. The Kier molecular flexibility index (Phi) is 2.92. The second-order valence-corrected chi connectivity index (χ2v) is 4.23. The number of pyridine rings is 1. The van der Waals surface area contributed by atoms with Crippen molar-refractivity contribution in [2.45, 2.75) is 6.92 Å². The first-order valence-electron chi connectivity index (χ1n) is 5.55. The van der Waals surface area contributed by atoms with E-state index in [4.69, 9.17) is 11.6 Å². The molecule has 0 fully saturated rings. The number of nitrogens with zero attached hydrogens (tertiary/aromatic N) is 6. The van der Waals surface area contributed by atoms with Gasteiger partial charge in [0.05, 0.1) is 0 Å². The molecule has 0 aliphatic carbocycles.